The summed E-state index contributed by atoms with van der Waals surface area (Å²) in [5.74, 6) is -0.328. The van der Waals surface area contributed by atoms with Crippen LogP contribution in [0.1, 0.15) is 30.1 Å². The Bertz CT molecular complexity index is 1060. The highest BCUT2D eigenvalue weighted by molar-refractivity contribution is 5.63. The van der Waals surface area contributed by atoms with Crippen molar-refractivity contribution in [3.8, 4) is 0 Å². The van der Waals surface area contributed by atoms with Crippen molar-refractivity contribution in [1.82, 2.24) is 24.6 Å². The number of alkyl halides is 3. The van der Waals surface area contributed by atoms with E-state index in [1.54, 1.807) is 24.3 Å². The maximum atomic E-state index is 13.6. The number of anilines is 4. The van der Waals surface area contributed by atoms with Gasteiger partial charge in [0.2, 0.25) is 5.95 Å². The molecule has 1 aliphatic rings. The van der Waals surface area contributed by atoms with Crippen LogP contribution in [-0.2, 0) is 6.18 Å². The first-order valence-electron chi connectivity index (χ1n) is 10.7. The topological polar surface area (TPSA) is 91.1 Å². The Hall–Kier alpha value is -3.18. The Morgan fingerprint density at radius 3 is 2.64 bits per heavy atom. The molecule has 175 valence electrons. The third kappa shape index (κ3) is 5.42. The van der Waals surface area contributed by atoms with E-state index >= 15 is 0 Å². The number of benzene rings is 1. The Balaban J connectivity index is 1.56. The number of nitrogens with one attached hydrogen (secondary N) is 2. The highest BCUT2D eigenvalue weighted by Crippen LogP contribution is 2.36. The van der Waals surface area contributed by atoms with E-state index in [2.05, 4.69) is 36.7 Å². The number of aliphatic hydroxyl groups excluding tert-OH is 1. The van der Waals surface area contributed by atoms with E-state index in [1.807, 2.05) is 11.6 Å². The lowest BCUT2D eigenvalue weighted by atomic mass is 10.1. The van der Waals surface area contributed by atoms with Gasteiger partial charge in [-0.15, -0.1) is 0 Å². The highest BCUT2D eigenvalue weighted by Gasteiger charge is 2.36. The molecule has 3 heterocycles. The molecule has 33 heavy (non-hydrogen) atoms. The van der Waals surface area contributed by atoms with Crippen molar-refractivity contribution in [2.45, 2.75) is 32.0 Å². The third-order valence-electron chi connectivity index (χ3n) is 5.67. The van der Waals surface area contributed by atoms with Gasteiger partial charge in [-0.1, -0.05) is 18.2 Å². The molecule has 1 saturated heterocycles. The van der Waals surface area contributed by atoms with Crippen LogP contribution < -0.4 is 10.6 Å². The lowest BCUT2D eigenvalue weighted by Crippen LogP contribution is -2.36. The molecule has 1 fully saturated rings. The molecule has 0 bridgehead atoms. The average molecular weight is 460 g/mol. The Morgan fingerprint density at radius 1 is 1.18 bits per heavy atom. The maximum absolute atomic E-state index is 13.6. The molecule has 0 spiro atoms. The molecule has 2 aromatic heterocycles. The minimum Gasteiger partial charge on any atom is -0.395 e. The number of rotatable bonds is 7. The van der Waals surface area contributed by atoms with Crippen molar-refractivity contribution in [3.63, 3.8) is 0 Å². The molecule has 1 aromatic carbocycles. The maximum Gasteiger partial charge on any atom is 0.421 e. The fourth-order valence-corrected chi connectivity index (χ4v) is 3.91. The van der Waals surface area contributed by atoms with Crippen molar-refractivity contribution in [2.75, 3.05) is 36.9 Å². The third-order valence-corrected chi connectivity index (χ3v) is 5.67. The summed E-state index contributed by atoms with van der Waals surface area (Å²) in [7, 11) is 0. The van der Waals surface area contributed by atoms with Crippen LogP contribution in [0, 0.1) is 13.0 Å². The summed E-state index contributed by atoms with van der Waals surface area (Å²) in [6.45, 7) is 4.26. The Labute approximate surface area is 189 Å². The molecule has 0 saturated carbocycles. The number of likely N-dealkylation sites (tertiary alicyclic amines) is 1. The zero-order valence-corrected chi connectivity index (χ0v) is 18.1. The Morgan fingerprint density at radius 2 is 1.97 bits per heavy atom. The zero-order chi connectivity index (χ0) is 23.4. The summed E-state index contributed by atoms with van der Waals surface area (Å²) in [6, 6.07) is 10.0. The van der Waals surface area contributed by atoms with Crippen molar-refractivity contribution in [3.05, 3.63) is 54.0 Å². The Kier molecular flexibility index (Phi) is 6.80. The second-order valence-electron chi connectivity index (χ2n) is 7.86. The summed E-state index contributed by atoms with van der Waals surface area (Å²) in [5, 5.41) is 19.2. The number of nitrogens with zero attached hydrogens (tertiary/aromatic N) is 5. The fourth-order valence-electron chi connectivity index (χ4n) is 3.91. The van der Waals surface area contributed by atoms with Crippen LogP contribution in [0.15, 0.2) is 36.7 Å². The predicted octanol–water partition coefficient (Wildman–Crippen LogP) is 3.92. The lowest BCUT2D eigenvalue weighted by Gasteiger charge is -2.32. The minimum absolute atomic E-state index is 0.0225. The van der Waals surface area contributed by atoms with E-state index in [9.17, 15) is 13.2 Å². The van der Waals surface area contributed by atoms with Crippen LogP contribution in [0.25, 0.3) is 0 Å². The first kappa shape index (κ1) is 23.0. The molecule has 3 aromatic rings. The van der Waals surface area contributed by atoms with Gasteiger partial charge in [-0.2, -0.15) is 23.3 Å². The number of hydrogen-bond acceptors (Lipinski definition) is 7. The van der Waals surface area contributed by atoms with Gasteiger partial charge in [-0.05, 0) is 25.8 Å². The van der Waals surface area contributed by atoms with Crippen LogP contribution in [0.3, 0.4) is 0 Å². The zero-order valence-electron chi connectivity index (χ0n) is 18.1. The number of aliphatic hydroxyl groups is 1. The average Bonchev–Trinajstić information content (AvgIpc) is 3.15. The van der Waals surface area contributed by atoms with Gasteiger partial charge < -0.3 is 20.6 Å². The van der Waals surface area contributed by atoms with Gasteiger partial charge >= 0.3 is 6.18 Å². The highest BCUT2D eigenvalue weighted by atomic mass is 19.4. The standard InChI is InChI=1S/C22H25F3N7O/c1-15-19(14-27-32(15)17-7-9-31(10-8-17)11-12-33)29-20-18(22(23,24)25)13-26-21(30-20)28-16-5-3-2-4-6-16/h2-5,13-14,17,33H,7-12H2,1H3,(H2,26,28,29,30). The summed E-state index contributed by atoms with van der Waals surface area (Å²) < 4.78 is 42.7. The summed E-state index contributed by atoms with van der Waals surface area (Å²) in [6.07, 6.45) is -0.633. The number of β-amino-alcohol motifs (C(OH)–C–C–N with tert-alkyl or cyclic N) is 1. The number of para-hydroxylation sites is 1. The normalized spacial score (nSPS) is 15.5. The summed E-state index contributed by atoms with van der Waals surface area (Å²) in [5.41, 5.74) is 0.761. The van der Waals surface area contributed by atoms with Gasteiger partial charge in [0, 0.05) is 37.6 Å². The van der Waals surface area contributed by atoms with E-state index in [0.29, 0.717) is 17.9 Å². The largest absolute Gasteiger partial charge is 0.421 e. The molecule has 11 heteroatoms. The molecule has 3 N–H and O–H groups in total. The van der Waals surface area contributed by atoms with Crippen LogP contribution in [0.5, 0.6) is 0 Å². The van der Waals surface area contributed by atoms with E-state index in [1.165, 1.54) is 6.20 Å². The van der Waals surface area contributed by atoms with Crippen molar-refractivity contribution >= 4 is 23.1 Å². The number of aromatic nitrogens is 4. The molecule has 0 atom stereocenters. The second-order valence-corrected chi connectivity index (χ2v) is 7.86. The molecular formula is C22H25F3N7O. The molecule has 4 rings (SSSR count). The van der Waals surface area contributed by atoms with Crippen LogP contribution in [0.2, 0.25) is 0 Å². The van der Waals surface area contributed by atoms with E-state index < -0.39 is 11.7 Å². The summed E-state index contributed by atoms with van der Waals surface area (Å²) >= 11 is 0. The van der Waals surface area contributed by atoms with Gasteiger partial charge in [0.05, 0.1) is 30.2 Å². The van der Waals surface area contributed by atoms with E-state index in [4.69, 9.17) is 5.11 Å². The van der Waals surface area contributed by atoms with Crippen molar-refractivity contribution in [2.24, 2.45) is 0 Å². The predicted molar refractivity (Wildman–Crippen MR) is 118 cm³/mol. The second kappa shape index (κ2) is 9.75. The van der Waals surface area contributed by atoms with Gasteiger partial charge in [0.15, 0.2) is 0 Å². The smallest absolute Gasteiger partial charge is 0.395 e. The molecule has 0 unspecified atom stereocenters. The van der Waals surface area contributed by atoms with Crippen LogP contribution in [-0.4, -0.2) is 56.0 Å². The number of hydrogen-bond donors (Lipinski definition) is 3. The summed E-state index contributed by atoms with van der Waals surface area (Å²) in [4.78, 5) is 10.1. The molecule has 0 aliphatic carbocycles. The quantitative estimate of drug-likeness (QED) is 0.492. The van der Waals surface area contributed by atoms with Gasteiger partial charge in [-0.25, -0.2) is 4.98 Å². The van der Waals surface area contributed by atoms with Crippen LogP contribution in [0.4, 0.5) is 36.3 Å². The van der Waals surface area contributed by atoms with Gasteiger partial charge in [0.25, 0.3) is 0 Å². The van der Waals surface area contributed by atoms with Gasteiger partial charge in [-0.3, -0.25) is 4.68 Å². The first-order valence-corrected chi connectivity index (χ1v) is 10.7. The SMILES string of the molecule is Cc1c(Nc2nc(Nc3[c]cccc3)ncc2C(F)(F)F)cnn1C1CCN(CCO)CC1. The van der Waals surface area contributed by atoms with E-state index in [-0.39, 0.29) is 24.4 Å². The monoisotopic (exact) mass is 460 g/mol. The molecule has 0 amide bonds. The van der Waals surface area contributed by atoms with Gasteiger partial charge in [0.1, 0.15) is 11.4 Å². The van der Waals surface area contributed by atoms with Crippen molar-refractivity contribution < 1.29 is 18.3 Å². The van der Waals surface area contributed by atoms with E-state index in [0.717, 1.165) is 37.8 Å². The molecule has 1 radical (unpaired) electrons. The first-order chi connectivity index (χ1) is 15.8. The number of piperidine rings is 1. The fraction of sp³-hybridized carbons (Fsp3) is 0.409. The molecular weight excluding hydrogens is 435 g/mol. The molecule has 1 aliphatic heterocycles. The number of halogens is 3. The minimum atomic E-state index is -4.62. The molecule has 8 nitrogen and oxygen atoms in total. The lowest BCUT2D eigenvalue weighted by molar-refractivity contribution is -0.137. The van der Waals surface area contributed by atoms with Crippen molar-refractivity contribution in [1.29, 1.82) is 0 Å². The van der Waals surface area contributed by atoms with Crippen LogP contribution >= 0.6 is 0 Å².